The zero-order valence-electron chi connectivity index (χ0n) is 53.6. The average Bonchev–Trinajstić information content (AvgIpc) is 3.46. The van der Waals surface area contributed by atoms with Gasteiger partial charge in [-0.05, 0) is 83.5 Å². The van der Waals surface area contributed by atoms with Crippen molar-refractivity contribution in [3.05, 3.63) is 60.8 Å². The molecule has 0 fully saturated rings. The Morgan fingerprint density at radius 2 is 0.487 bits per heavy atom. The number of carbonyl (C=O) groups excluding carboxylic acids is 3. The van der Waals surface area contributed by atoms with Gasteiger partial charge in [-0.2, -0.15) is 0 Å². The summed E-state index contributed by atoms with van der Waals surface area (Å²) in [5.74, 6) is -0.848. The smallest absolute Gasteiger partial charge is 0.306 e. The molecule has 0 aromatic rings. The summed E-state index contributed by atoms with van der Waals surface area (Å²) in [7, 11) is 0. The maximum Gasteiger partial charge on any atom is 0.306 e. The minimum absolute atomic E-state index is 0.0699. The molecule has 466 valence electrons. The van der Waals surface area contributed by atoms with E-state index in [2.05, 4.69) is 81.5 Å². The minimum Gasteiger partial charge on any atom is -0.462 e. The van der Waals surface area contributed by atoms with Gasteiger partial charge in [-0.15, -0.1) is 0 Å². The second-order valence-electron chi connectivity index (χ2n) is 23.8. The Balaban J connectivity index is 4.23. The van der Waals surface area contributed by atoms with Crippen LogP contribution in [0.1, 0.15) is 374 Å². The van der Waals surface area contributed by atoms with E-state index in [0.29, 0.717) is 19.3 Å². The summed E-state index contributed by atoms with van der Waals surface area (Å²) in [5, 5.41) is 0. The van der Waals surface area contributed by atoms with Crippen LogP contribution in [0.4, 0.5) is 0 Å². The molecule has 0 aromatic heterocycles. The van der Waals surface area contributed by atoms with Gasteiger partial charge in [0.2, 0.25) is 0 Å². The Morgan fingerprint density at radius 1 is 0.263 bits per heavy atom. The van der Waals surface area contributed by atoms with Crippen LogP contribution in [0, 0.1) is 0 Å². The quantitative estimate of drug-likeness (QED) is 0.0261. The fourth-order valence-electron chi connectivity index (χ4n) is 10.5. The van der Waals surface area contributed by atoms with E-state index in [1.54, 1.807) is 0 Å². The lowest BCUT2D eigenvalue weighted by molar-refractivity contribution is -0.167. The number of esters is 3. The molecule has 80 heavy (non-hydrogen) atoms. The average molecular weight is 1120 g/mol. The highest BCUT2D eigenvalue weighted by Crippen LogP contribution is 2.18. The first kappa shape index (κ1) is 77.1. The van der Waals surface area contributed by atoms with Crippen molar-refractivity contribution in [2.24, 2.45) is 0 Å². The van der Waals surface area contributed by atoms with Crippen LogP contribution < -0.4 is 0 Å². The molecule has 6 heteroatoms. The second kappa shape index (κ2) is 68.6. The van der Waals surface area contributed by atoms with Crippen molar-refractivity contribution in [1.82, 2.24) is 0 Å². The predicted octanol–water partition coefficient (Wildman–Crippen LogP) is 24.3. The van der Waals surface area contributed by atoms with Gasteiger partial charge in [0.25, 0.3) is 0 Å². The van der Waals surface area contributed by atoms with E-state index < -0.39 is 6.10 Å². The molecule has 0 saturated heterocycles. The highest BCUT2D eigenvalue weighted by molar-refractivity contribution is 5.71. The lowest BCUT2D eigenvalue weighted by atomic mass is 10.0. The van der Waals surface area contributed by atoms with Crippen molar-refractivity contribution in [2.45, 2.75) is 380 Å². The molecule has 0 aliphatic carbocycles. The van der Waals surface area contributed by atoms with Gasteiger partial charge in [-0.25, -0.2) is 0 Å². The highest BCUT2D eigenvalue weighted by Gasteiger charge is 2.19. The van der Waals surface area contributed by atoms with Crippen LogP contribution in [0.2, 0.25) is 0 Å². The van der Waals surface area contributed by atoms with Gasteiger partial charge >= 0.3 is 17.9 Å². The topological polar surface area (TPSA) is 78.9 Å². The van der Waals surface area contributed by atoms with Crippen LogP contribution >= 0.6 is 0 Å². The maximum atomic E-state index is 12.9. The first-order chi connectivity index (χ1) is 39.5. The molecule has 0 N–H and O–H groups in total. The molecule has 0 aliphatic rings. The van der Waals surface area contributed by atoms with Crippen LogP contribution in [0.5, 0.6) is 0 Å². The fourth-order valence-corrected chi connectivity index (χ4v) is 10.5. The summed E-state index contributed by atoms with van der Waals surface area (Å²) in [6, 6.07) is 0. The minimum atomic E-state index is -0.774. The molecule has 0 saturated carbocycles. The lowest BCUT2D eigenvalue weighted by Crippen LogP contribution is -2.30. The molecular formula is C74H134O6. The maximum absolute atomic E-state index is 12.9. The summed E-state index contributed by atoms with van der Waals surface area (Å²) in [4.78, 5) is 38.4. The molecule has 0 rings (SSSR count). The van der Waals surface area contributed by atoms with Crippen molar-refractivity contribution in [3.63, 3.8) is 0 Å². The SMILES string of the molecule is CC/C=C\C/C=C\C/C=C\C/C=C\CCCCCCCCCCCCCCCCCCC(=O)OCC(COC(=O)CCCCCCCCCCCCCCCCCC)OC(=O)CCCCCCCCC/C=C\CCCCCCCC. The van der Waals surface area contributed by atoms with Crippen LogP contribution in [-0.4, -0.2) is 37.2 Å². The van der Waals surface area contributed by atoms with Crippen molar-refractivity contribution >= 4 is 17.9 Å². The van der Waals surface area contributed by atoms with E-state index in [-0.39, 0.29) is 31.1 Å². The van der Waals surface area contributed by atoms with Crippen molar-refractivity contribution in [3.8, 4) is 0 Å². The fraction of sp³-hybridized carbons (Fsp3) is 0.824. The number of unbranched alkanes of at least 4 members (excludes halogenated alkanes) is 44. The Bertz CT molecular complexity index is 1430. The summed E-state index contributed by atoms with van der Waals surface area (Å²) in [6.45, 7) is 6.59. The molecule has 1 atom stereocenters. The van der Waals surface area contributed by atoms with E-state index in [1.165, 1.54) is 250 Å². The molecule has 0 aliphatic heterocycles. The molecule has 0 aromatic carbocycles. The molecule has 0 radical (unpaired) electrons. The Labute approximate surface area is 498 Å². The third kappa shape index (κ3) is 65.9. The first-order valence-electron chi connectivity index (χ1n) is 35.3. The number of hydrogen-bond acceptors (Lipinski definition) is 6. The molecule has 0 bridgehead atoms. The summed E-state index contributed by atoms with van der Waals surface area (Å²) in [6.07, 6.45) is 88.2. The van der Waals surface area contributed by atoms with Crippen molar-refractivity contribution in [1.29, 1.82) is 0 Å². The summed E-state index contributed by atoms with van der Waals surface area (Å²) in [5.41, 5.74) is 0. The third-order valence-corrected chi connectivity index (χ3v) is 15.8. The number of allylic oxidation sites excluding steroid dienone is 10. The number of ether oxygens (including phenoxy) is 3. The molecular weight excluding hydrogens is 985 g/mol. The standard InChI is InChI=1S/C74H134O6/c1-4-7-10-13-16-19-22-25-28-31-32-33-34-35-36-37-38-39-40-41-42-44-46-49-52-55-58-61-64-67-73(76)79-70-71(69-78-72(75)66-63-60-57-54-51-48-45-30-27-24-21-18-15-12-9-6-3)80-74(77)68-65-62-59-56-53-50-47-43-29-26-23-20-17-14-11-8-5-2/h7,10,16,19,25-26,28-29,32-33,71H,4-6,8-9,11-15,17-18,20-24,27,30-31,34-70H2,1-3H3/b10-7-,19-16-,28-25-,29-26-,33-32-. The molecule has 0 heterocycles. The zero-order valence-corrected chi connectivity index (χ0v) is 53.6. The Hall–Kier alpha value is -2.89. The van der Waals surface area contributed by atoms with E-state index >= 15 is 0 Å². The second-order valence-corrected chi connectivity index (χ2v) is 23.8. The molecule has 6 nitrogen and oxygen atoms in total. The molecule has 0 amide bonds. The monoisotopic (exact) mass is 1120 g/mol. The predicted molar refractivity (Wildman–Crippen MR) is 348 cm³/mol. The summed E-state index contributed by atoms with van der Waals surface area (Å²) >= 11 is 0. The van der Waals surface area contributed by atoms with E-state index in [1.807, 2.05) is 0 Å². The normalized spacial score (nSPS) is 12.4. The summed E-state index contributed by atoms with van der Waals surface area (Å²) < 4.78 is 17.0. The molecule has 0 spiro atoms. The highest BCUT2D eigenvalue weighted by atomic mass is 16.6. The van der Waals surface area contributed by atoms with Crippen LogP contribution in [0.25, 0.3) is 0 Å². The molecule has 1 unspecified atom stereocenters. The largest absolute Gasteiger partial charge is 0.462 e. The van der Waals surface area contributed by atoms with Gasteiger partial charge in [-0.3, -0.25) is 14.4 Å². The van der Waals surface area contributed by atoms with Gasteiger partial charge in [0.05, 0.1) is 0 Å². The first-order valence-corrected chi connectivity index (χ1v) is 35.3. The van der Waals surface area contributed by atoms with E-state index in [4.69, 9.17) is 14.2 Å². The van der Waals surface area contributed by atoms with Crippen molar-refractivity contribution in [2.75, 3.05) is 13.2 Å². The van der Waals surface area contributed by atoms with Gasteiger partial charge in [0, 0.05) is 19.3 Å². The van der Waals surface area contributed by atoms with Gasteiger partial charge in [-0.1, -0.05) is 332 Å². The van der Waals surface area contributed by atoms with E-state index in [0.717, 1.165) is 83.5 Å². The van der Waals surface area contributed by atoms with Crippen LogP contribution in [0.3, 0.4) is 0 Å². The number of hydrogen-bond donors (Lipinski definition) is 0. The number of rotatable bonds is 65. The van der Waals surface area contributed by atoms with E-state index in [9.17, 15) is 14.4 Å². The zero-order chi connectivity index (χ0) is 57.8. The van der Waals surface area contributed by atoms with Gasteiger partial charge in [0.1, 0.15) is 13.2 Å². The van der Waals surface area contributed by atoms with Gasteiger partial charge in [0.15, 0.2) is 6.10 Å². The van der Waals surface area contributed by atoms with Gasteiger partial charge < -0.3 is 14.2 Å². The Morgan fingerprint density at radius 3 is 0.775 bits per heavy atom. The van der Waals surface area contributed by atoms with Crippen LogP contribution in [-0.2, 0) is 28.6 Å². The number of carbonyl (C=O) groups is 3. The lowest BCUT2D eigenvalue weighted by Gasteiger charge is -2.18. The van der Waals surface area contributed by atoms with Crippen LogP contribution in [0.15, 0.2) is 60.8 Å². The van der Waals surface area contributed by atoms with Crippen molar-refractivity contribution < 1.29 is 28.6 Å². The Kier molecular flexibility index (Phi) is 66.1. The third-order valence-electron chi connectivity index (χ3n) is 15.8.